The number of rotatable bonds is 3. The number of allylic oxidation sites excluding steroid dienone is 2. The largest absolute Gasteiger partial charge is 0.460 e. The van der Waals surface area contributed by atoms with Crippen LogP contribution >= 0.6 is 31.9 Å². The lowest BCUT2D eigenvalue weighted by atomic mass is 9.84. The van der Waals surface area contributed by atoms with Gasteiger partial charge < -0.3 is 9.53 Å². The highest BCUT2D eigenvalue weighted by molar-refractivity contribution is 9.10. The summed E-state index contributed by atoms with van der Waals surface area (Å²) in [7, 11) is 0. The number of aldehydes is 1. The molecule has 0 N–H and O–H groups in total. The summed E-state index contributed by atoms with van der Waals surface area (Å²) in [5.41, 5.74) is 2.33. The Morgan fingerprint density at radius 3 is 2.52 bits per heavy atom. The van der Waals surface area contributed by atoms with Crippen LogP contribution in [-0.4, -0.2) is 11.1 Å². The Hall–Kier alpha value is -1.46. The van der Waals surface area contributed by atoms with Crippen LogP contribution in [0.25, 0.3) is 5.57 Å². The van der Waals surface area contributed by atoms with Crippen LogP contribution in [0.5, 0.6) is 5.75 Å². The molecule has 0 fully saturated rings. The first-order chi connectivity index (χ1) is 11.0. The Bertz CT molecular complexity index is 782. The lowest BCUT2D eigenvalue weighted by Crippen LogP contribution is -2.20. The lowest BCUT2D eigenvalue weighted by molar-refractivity contribution is -0.108. The average Bonchev–Trinajstić information content (AvgIpc) is 2.53. The molecule has 0 bridgehead atoms. The number of benzene rings is 2. The monoisotopic (exact) mass is 438 g/mol. The van der Waals surface area contributed by atoms with Gasteiger partial charge in [0.15, 0.2) is 0 Å². The van der Waals surface area contributed by atoms with Crippen molar-refractivity contribution in [3.63, 3.8) is 0 Å². The number of halogens is 3. The minimum absolute atomic E-state index is 0.0817. The van der Waals surface area contributed by atoms with Crippen molar-refractivity contribution in [3.8, 4) is 5.75 Å². The van der Waals surface area contributed by atoms with E-state index in [1.807, 2.05) is 25.1 Å². The third-order valence-corrected chi connectivity index (χ3v) is 4.66. The molecule has 5 heteroatoms. The quantitative estimate of drug-likeness (QED) is 0.469. The molecule has 23 heavy (non-hydrogen) atoms. The molecule has 0 radical (unpaired) electrons. The summed E-state index contributed by atoms with van der Waals surface area (Å²) in [5, 5.41) is 0. The van der Waals surface area contributed by atoms with Gasteiger partial charge in [-0.05, 0) is 42.8 Å². The standard InChI is InChI=1S/C18H13Br2FO2/c1-10(19)18-17(11-2-5-13(21)6-3-11)15(9-22)14-8-12(20)4-7-16(14)23-18/h2-10,15H,1H3. The summed E-state index contributed by atoms with van der Waals surface area (Å²) >= 11 is 6.96. The summed E-state index contributed by atoms with van der Waals surface area (Å²) in [4.78, 5) is 11.8. The topological polar surface area (TPSA) is 26.3 Å². The Morgan fingerprint density at radius 2 is 1.91 bits per heavy atom. The zero-order valence-electron chi connectivity index (χ0n) is 12.2. The van der Waals surface area contributed by atoms with Gasteiger partial charge in [0, 0.05) is 15.6 Å². The van der Waals surface area contributed by atoms with E-state index in [0.717, 1.165) is 27.5 Å². The molecule has 3 rings (SSSR count). The van der Waals surface area contributed by atoms with E-state index in [-0.39, 0.29) is 10.6 Å². The van der Waals surface area contributed by atoms with E-state index >= 15 is 0 Å². The van der Waals surface area contributed by atoms with Crippen molar-refractivity contribution in [1.29, 1.82) is 0 Å². The van der Waals surface area contributed by atoms with Crippen molar-refractivity contribution < 1.29 is 13.9 Å². The predicted molar refractivity (Wildman–Crippen MR) is 95.3 cm³/mol. The first-order valence-electron chi connectivity index (χ1n) is 7.08. The second kappa shape index (κ2) is 6.57. The first-order valence-corrected chi connectivity index (χ1v) is 8.78. The Labute approximate surface area is 150 Å². The van der Waals surface area contributed by atoms with Gasteiger partial charge in [0.25, 0.3) is 0 Å². The van der Waals surface area contributed by atoms with E-state index in [2.05, 4.69) is 31.9 Å². The summed E-state index contributed by atoms with van der Waals surface area (Å²) in [6, 6.07) is 11.7. The Balaban J connectivity index is 2.22. The molecule has 1 aliphatic rings. The number of alkyl halides is 1. The van der Waals surface area contributed by atoms with Gasteiger partial charge in [-0.25, -0.2) is 4.39 Å². The van der Waals surface area contributed by atoms with Gasteiger partial charge in [-0.2, -0.15) is 0 Å². The van der Waals surface area contributed by atoms with Crippen LogP contribution in [0, 0.1) is 5.82 Å². The second-order valence-corrected chi connectivity index (χ2v) is 7.59. The average molecular weight is 440 g/mol. The maximum Gasteiger partial charge on any atom is 0.132 e. The maximum atomic E-state index is 13.2. The fourth-order valence-electron chi connectivity index (χ4n) is 2.73. The van der Waals surface area contributed by atoms with Crippen molar-refractivity contribution in [2.45, 2.75) is 17.7 Å². The highest BCUT2D eigenvalue weighted by atomic mass is 79.9. The number of hydrogen-bond acceptors (Lipinski definition) is 2. The molecule has 2 aromatic carbocycles. The molecule has 2 atom stereocenters. The van der Waals surface area contributed by atoms with E-state index in [0.29, 0.717) is 11.5 Å². The van der Waals surface area contributed by atoms with E-state index in [1.54, 1.807) is 12.1 Å². The number of ether oxygens (including phenoxy) is 1. The van der Waals surface area contributed by atoms with Crippen LogP contribution in [0.3, 0.4) is 0 Å². The molecule has 1 heterocycles. The highest BCUT2D eigenvalue weighted by Crippen LogP contribution is 2.45. The van der Waals surface area contributed by atoms with E-state index in [9.17, 15) is 9.18 Å². The van der Waals surface area contributed by atoms with E-state index in [1.165, 1.54) is 12.1 Å². The summed E-state index contributed by atoms with van der Waals surface area (Å²) < 4.78 is 20.2. The van der Waals surface area contributed by atoms with Crippen molar-refractivity contribution in [2.75, 3.05) is 0 Å². The third-order valence-electron chi connectivity index (χ3n) is 3.76. The van der Waals surface area contributed by atoms with E-state index < -0.39 is 5.92 Å². The SMILES string of the molecule is CC(Br)C1=C(c2ccc(F)cc2)C(C=O)c2cc(Br)ccc2O1. The van der Waals surface area contributed by atoms with Crippen LogP contribution in [0.1, 0.15) is 24.0 Å². The molecule has 0 aromatic heterocycles. The molecule has 0 spiro atoms. The summed E-state index contributed by atoms with van der Waals surface area (Å²) in [6.45, 7) is 1.94. The smallest absolute Gasteiger partial charge is 0.132 e. The second-order valence-electron chi connectivity index (χ2n) is 5.30. The molecular formula is C18H13Br2FO2. The Morgan fingerprint density at radius 1 is 1.22 bits per heavy atom. The van der Waals surface area contributed by atoms with Crippen LogP contribution in [0.4, 0.5) is 4.39 Å². The first kappa shape index (κ1) is 16.4. The molecule has 2 nitrogen and oxygen atoms in total. The van der Waals surface area contributed by atoms with Crippen LogP contribution in [0.15, 0.2) is 52.7 Å². The zero-order chi connectivity index (χ0) is 16.6. The van der Waals surface area contributed by atoms with Crippen molar-refractivity contribution in [3.05, 3.63) is 69.6 Å². The maximum absolute atomic E-state index is 13.2. The number of fused-ring (bicyclic) bond motifs is 1. The minimum Gasteiger partial charge on any atom is -0.460 e. The van der Waals surface area contributed by atoms with Gasteiger partial charge in [0.1, 0.15) is 23.6 Å². The molecule has 2 aromatic rings. The van der Waals surface area contributed by atoms with Gasteiger partial charge in [0.2, 0.25) is 0 Å². The van der Waals surface area contributed by atoms with Crippen molar-refractivity contribution in [1.82, 2.24) is 0 Å². The van der Waals surface area contributed by atoms with Crippen LogP contribution in [0.2, 0.25) is 0 Å². The molecule has 2 unspecified atom stereocenters. The zero-order valence-corrected chi connectivity index (χ0v) is 15.4. The van der Waals surface area contributed by atoms with Gasteiger partial charge in [-0.1, -0.05) is 44.0 Å². The fourth-order valence-corrected chi connectivity index (χ4v) is 3.44. The lowest BCUT2D eigenvalue weighted by Gasteiger charge is -2.29. The molecular weight excluding hydrogens is 427 g/mol. The molecule has 0 aliphatic carbocycles. The number of carbonyl (C=O) groups is 1. The summed E-state index contributed by atoms with van der Waals surface area (Å²) in [5.74, 6) is 0.558. The van der Waals surface area contributed by atoms with Crippen LogP contribution < -0.4 is 4.74 Å². The summed E-state index contributed by atoms with van der Waals surface area (Å²) in [6.07, 6.45) is 0.905. The van der Waals surface area contributed by atoms with E-state index in [4.69, 9.17) is 4.74 Å². The number of carbonyl (C=O) groups excluding carboxylic acids is 1. The normalized spacial score (nSPS) is 18.2. The van der Waals surface area contributed by atoms with Gasteiger partial charge >= 0.3 is 0 Å². The predicted octanol–water partition coefficient (Wildman–Crippen LogP) is 5.46. The molecule has 118 valence electrons. The fraction of sp³-hybridized carbons (Fsp3) is 0.167. The minimum atomic E-state index is -0.461. The van der Waals surface area contributed by atoms with Crippen molar-refractivity contribution >= 4 is 43.7 Å². The molecule has 0 amide bonds. The number of hydrogen-bond donors (Lipinski definition) is 0. The van der Waals surface area contributed by atoms with Gasteiger partial charge in [0.05, 0.1) is 10.7 Å². The molecule has 0 saturated heterocycles. The third kappa shape index (κ3) is 3.12. The van der Waals surface area contributed by atoms with Gasteiger partial charge in [-0.3, -0.25) is 0 Å². The van der Waals surface area contributed by atoms with Crippen LogP contribution in [-0.2, 0) is 4.79 Å². The van der Waals surface area contributed by atoms with Gasteiger partial charge in [-0.15, -0.1) is 0 Å². The highest BCUT2D eigenvalue weighted by Gasteiger charge is 2.32. The molecule has 1 aliphatic heterocycles. The molecule has 0 saturated carbocycles. The van der Waals surface area contributed by atoms with Crippen molar-refractivity contribution in [2.24, 2.45) is 0 Å². The Kier molecular flexibility index (Phi) is 4.69.